The molecule has 4 aliphatic carbocycles. The lowest BCUT2D eigenvalue weighted by molar-refractivity contribution is -0.0492. The zero-order chi connectivity index (χ0) is 18.6. The maximum absolute atomic E-state index is 5.53. The molecule has 1 aromatic heterocycles. The second-order valence-corrected chi connectivity index (χ2v) is 9.52. The molecular formula is C22H28N4S. The van der Waals surface area contributed by atoms with Gasteiger partial charge in [0.05, 0.1) is 5.54 Å². The summed E-state index contributed by atoms with van der Waals surface area (Å²) in [5, 5.41) is 12.1. The van der Waals surface area contributed by atoms with Gasteiger partial charge in [0.2, 0.25) is 0 Å². The predicted molar refractivity (Wildman–Crippen MR) is 114 cm³/mol. The largest absolute Gasteiger partial charge is 0.332 e. The van der Waals surface area contributed by atoms with Crippen molar-refractivity contribution in [2.45, 2.75) is 57.9 Å². The van der Waals surface area contributed by atoms with Crippen molar-refractivity contribution >= 4 is 28.8 Å². The molecule has 2 N–H and O–H groups in total. The number of anilines is 2. The van der Waals surface area contributed by atoms with Gasteiger partial charge in [-0.15, -0.1) is 0 Å². The molecule has 1 heterocycles. The maximum Gasteiger partial charge on any atom is 0.176 e. The second kappa shape index (κ2) is 6.33. The van der Waals surface area contributed by atoms with Gasteiger partial charge in [0.25, 0.3) is 0 Å². The molecule has 2 aromatic rings. The molecule has 142 valence electrons. The first kappa shape index (κ1) is 17.2. The van der Waals surface area contributed by atoms with E-state index in [-0.39, 0.29) is 5.54 Å². The van der Waals surface area contributed by atoms with E-state index in [2.05, 4.69) is 59.6 Å². The van der Waals surface area contributed by atoms with Crippen molar-refractivity contribution < 1.29 is 0 Å². The van der Waals surface area contributed by atoms with Gasteiger partial charge in [-0.1, -0.05) is 12.1 Å². The van der Waals surface area contributed by atoms with Crippen molar-refractivity contribution in [1.82, 2.24) is 9.78 Å². The van der Waals surface area contributed by atoms with Crippen molar-refractivity contribution in [1.29, 1.82) is 0 Å². The molecule has 5 heteroatoms. The van der Waals surface area contributed by atoms with E-state index < -0.39 is 0 Å². The fraction of sp³-hybridized carbons (Fsp3) is 0.545. The number of rotatable bonds is 3. The van der Waals surface area contributed by atoms with E-state index in [1.165, 1.54) is 49.7 Å². The van der Waals surface area contributed by atoms with Crippen LogP contribution in [0.2, 0.25) is 0 Å². The Kier molecular flexibility index (Phi) is 4.04. The first-order chi connectivity index (χ1) is 13.0. The highest BCUT2D eigenvalue weighted by Crippen LogP contribution is 2.58. The highest BCUT2D eigenvalue weighted by atomic mass is 32.1. The number of aryl methyl sites for hydroxylation is 1. The van der Waals surface area contributed by atoms with E-state index in [0.717, 1.165) is 29.3 Å². The average molecular weight is 381 g/mol. The summed E-state index contributed by atoms with van der Waals surface area (Å²) < 4.78 is 2.26. The van der Waals surface area contributed by atoms with Crippen LogP contribution in [0.5, 0.6) is 0 Å². The topological polar surface area (TPSA) is 41.9 Å². The molecule has 4 fully saturated rings. The Balaban J connectivity index is 1.30. The van der Waals surface area contributed by atoms with Crippen LogP contribution in [0.25, 0.3) is 0 Å². The lowest BCUT2D eigenvalue weighted by Crippen LogP contribution is -2.52. The van der Waals surface area contributed by atoms with Crippen molar-refractivity contribution in [3.05, 3.63) is 41.6 Å². The molecular weight excluding hydrogens is 352 g/mol. The summed E-state index contributed by atoms with van der Waals surface area (Å²) in [6.07, 6.45) is 10.5. The highest BCUT2D eigenvalue weighted by Gasteiger charge is 2.52. The van der Waals surface area contributed by atoms with E-state index in [9.17, 15) is 0 Å². The van der Waals surface area contributed by atoms with E-state index >= 15 is 0 Å². The predicted octanol–water partition coefficient (Wildman–Crippen LogP) is 5.23. The number of hydrogen-bond donors (Lipinski definition) is 2. The van der Waals surface area contributed by atoms with Gasteiger partial charge in [-0.3, -0.25) is 4.68 Å². The van der Waals surface area contributed by atoms with Crippen LogP contribution in [0.15, 0.2) is 30.5 Å². The van der Waals surface area contributed by atoms with Crippen LogP contribution in [0.1, 0.15) is 49.7 Å². The molecule has 0 amide bonds. The van der Waals surface area contributed by atoms with E-state index in [1.54, 1.807) is 0 Å². The first-order valence-corrected chi connectivity index (χ1v) is 10.6. The second-order valence-electron chi connectivity index (χ2n) is 9.11. The quantitative estimate of drug-likeness (QED) is 0.715. The minimum atomic E-state index is 0.261. The van der Waals surface area contributed by atoms with Crippen molar-refractivity contribution in [3.8, 4) is 0 Å². The minimum absolute atomic E-state index is 0.261. The fourth-order valence-electron chi connectivity index (χ4n) is 6.16. The van der Waals surface area contributed by atoms with E-state index in [0.29, 0.717) is 5.11 Å². The summed E-state index contributed by atoms with van der Waals surface area (Å²) in [6.45, 7) is 4.23. The minimum Gasteiger partial charge on any atom is -0.332 e. The van der Waals surface area contributed by atoms with Gasteiger partial charge in [0.1, 0.15) is 0 Å². The molecule has 0 aliphatic heterocycles. The van der Waals surface area contributed by atoms with Crippen molar-refractivity contribution in [2.75, 3.05) is 10.6 Å². The van der Waals surface area contributed by atoms with Crippen LogP contribution >= 0.6 is 12.2 Å². The number of nitrogens with one attached hydrogen (secondary N) is 2. The van der Waals surface area contributed by atoms with Gasteiger partial charge in [0.15, 0.2) is 10.9 Å². The number of hydrogen-bond acceptors (Lipinski definition) is 2. The molecule has 4 saturated carbocycles. The standard InChI is InChI=1S/C22H28N4S/c1-14-4-3-5-19(15(14)2)23-21(27)24-20-6-7-26(25-20)22-11-16-8-17(12-22)10-18(9-16)13-22/h3-7,16-18H,8-13H2,1-2H3,(H2,23,24,25,27). The van der Waals surface area contributed by atoms with Crippen molar-refractivity contribution in [3.63, 3.8) is 0 Å². The Labute approximate surface area is 166 Å². The third-order valence-electron chi connectivity index (χ3n) is 7.18. The van der Waals surface area contributed by atoms with Crippen LogP contribution in [0.3, 0.4) is 0 Å². The molecule has 0 atom stereocenters. The number of nitrogens with zero attached hydrogens (tertiary/aromatic N) is 2. The Morgan fingerprint density at radius 2 is 1.70 bits per heavy atom. The first-order valence-electron chi connectivity index (χ1n) is 10.2. The van der Waals surface area contributed by atoms with Gasteiger partial charge in [0, 0.05) is 18.0 Å². The Bertz CT molecular complexity index is 849. The van der Waals surface area contributed by atoms with Crippen LogP contribution in [0, 0.1) is 31.6 Å². The molecule has 1 aromatic carbocycles. The van der Waals surface area contributed by atoms with Crippen molar-refractivity contribution in [2.24, 2.45) is 17.8 Å². The third-order valence-corrected chi connectivity index (χ3v) is 7.38. The number of benzene rings is 1. The molecule has 4 aliphatic rings. The fourth-order valence-corrected chi connectivity index (χ4v) is 6.37. The van der Waals surface area contributed by atoms with Crippen LogP contribution < -0.4 is 10.6 Å². The summed E-state index contributed by atoms with van der Waals surface area (Å²) in [5.41, 5.74) is 3.79. The number of aromatic nitrogens is 2. The van der Waals surface area contributed by atoms with Gasteiger partial charge in [-0.25, -0.2) is 0 Å². The SMILES string of the molecule is Cc1cccc(NC(=S)Nc2ccn(C34CC5CC(CC(C5)C3)C4)n2)c1C. The molecule has 0 radical (unpaired) electrons. The summed E-state index contributed by atoms with van der Waals surface area (Å²) in [4.78, 5) is 0. The van der Waals surface area contributed by atoms with Crippen LogP contribution in [-0.4, -0.2) is 14.9 Å². The smallest absolute Gasteiger partial charge is 0.176 e. The zero-order valence-corrected chi connectivity index (χ0v) is 17.0. The third kappa shape index (κ3) is 3.06. The maximum atomic E-state index is 5.53. The van der Waals surface area contributed by atoms with Crippen LogP contribution in [0.4, 0.5) is 11.5 Å². The summed E-state index contributed by atoms with van der Waals surface area (Å²) in [7, 11) is 0. The molecule has 6 rings (SSSR count). The molecule has 4 nitrogen and oxygen atoms in total. The lowest BCUT2D eigenvalue weighted by atomic mass is 9.53. The zero-order valence-electron chi connectivity index (χ0n) is 16.2. The van der Waals surface area contributed by atoms with Gasteiger partial charge in [-0.05, 0) is 99.5 Å². The molecule has 27 heavy (non-hydrogen) atoms. The normalized spacial score (nSPS) is 31.1. The summed E-state index contributed by atoms with van der Waals surface area (Å²) >= 11 is 5.53. The number of thiocarbonyl (C=S) groups is 1. The molecule has 4 bridgehead atoms. The highest BCUT2D eigenvalue weighted by molar-refractivity contribution is 7.80. The molecule has 0 spiro atoms. The van der Waals surface area contributed by atoms with Gasteiger partial charge >= 0.3 is 0 Å². The Hall–Kier alpha value is -1.88. The van der Waals surface area contributed by atoms with Crippen LogP contribution in [-0.2, 0) is 5.54 Å². The summed E-state index contributed by atoms with van der Waals surface area (Å²) in [5.74, 6) is 3.60. The molecule has 0 saturated heterocycles. The molecule has 0 unspecified atom stereocenters. The van der Waals surface area contributed by atoms with Gasteiger partial charge in [-0.2, -0.15) is 5.10 Å². The van der Waals surface area contributed by atoms with Gasteiger partial charge < -0.3 is 10.6 Å². The Morgan fingerprint density at radius 1 is 1.04 bits per heavy atom. The van der Waals surface area contributed by atoms with E-state index in [4.69, 9.17) is 17.3 Å². The monoisotopic (exact) mass is 380 g/mol. The van der Waals surface area contributed by atoms with E-state index in [1.807, 2.05) is 0 Å². The average Bonchev–Trinajstić information content (AvgIpc) is 3.07. The lowest BCUT2D eigenvalue weighted by Gasteiger charge is -2.56. The Morgan fingerprint density at radius 3 is 2.37 bits per heavy atom. The summed E-state index contributed by atoms with van der Waals surface area (Å²) in [6, 6.07) is 8.29.